The minimum Gasteiger partial charge on any atom is -0.239 e. The molecule has 1 saturated carbocycles. The molecule has 146 valence electrons. The van der Waals surface area contributed by atoms with Gasteiger partial charge in [0.15, 0.2) is 23.3 Å². The SMILES string of the molecule is Fc1c(F)c(F)c(SN(Cc2ccc(C(F)(F)F)cc2)C2CC2)c(F)c1F. The highest BCUT2D eigenvalue weighted by Crippen LogP contribution is 2.40. The van der Waals surface area contributed by atoms with Crippen molar-refractivity contribution in [2.45, 2.75) is 36.5 Å². The molecule has 0 spiro atoms. The van der Waals surface area contributed by atoms with Crippen LogP contribution in [0.4, 0.5) is 35.1 Å². The van der Waals surface area contributed by atoms with Crippen molar-refractivity contribution < 1.29 is 35.1 Å². The molecule has 0 radical (unpaired) electrons. The Hall–Kier alpha value is -1.81. The third-order valence-electron chi connectivity index (χ3n) is 3.95. The van der Waals surface area contributed by atoms with Crippen molar-refractivity contribution in [3.8, 4) is 0 Å². The highest BCUT2D eigenvalue weighted by atomic mass is 32.2. The standard InChI is InChI=1S/C17H11F8NS/c18-11-12(19)14(21)16(15(22)13(11)20)27-26(10-5-6-10)7-8-1-3-9(4-2-8)17(23,24)25/h1-4,10H,5-7H2. The van der Waals surface area contributed by atoms with Crippen molar-refractivity contribution in [3.05, 3.63) is 64.5 Å². The number of alkyl halides is 3. The fourth-order valence-corrected chi connectivity index (χ4v) is 3.51. The zero-order valence-electron chi connectivity index (χ0n) is 13.4. The molecule has 0 aliphatic heterocycles. The molecule has 27 heavy (non-hydrogen) atoms. The number of hydrogen-bond acceptors (Lipinski definition) is 2. The summed E-state index contributed by atoms with van der Waals surface area (Å²) >= 11 is 0.369. The summed E-state index contributed by atoms with van der Waals surface area (Å²) in [5, 5.41) is 0. The molecule has 1 aliphatic carbocycles. The summed E-state index contributed by atoms with van der Waals surface area (Å²) in [5.41, 5.74) is -0.442. The van der Waals surface area contributed by atoms with E-state index >= 15 is 0 Å². The Labute approximate surface area is 153 Å². The first-order valence-corrected chi connectivity index (χ1v) is 8.49. The molecule has 1 fully saturated rings. The predicted molar refractivity (Wildman–Crippen MR) is 82.1 cm³/mol. The van der Waals surface area contributed by atoms with Crippen molar-refractivity contribution in [1.29, 1.82) is 0 Å². The largest absolute Gasteiger partial charge is 0.416 e. The highest BCUT2D eigenvalue weighted by Gasteiger charge is 2.34. The lowest BCUT2D eigenvalue weighted by Crippen LogP contribution is -2.19. The van der Waals surface area contributed by atoms with Crippen molar-refractivity contribution in [1.82, 2.24) is 4.31 Å². The van der Waals surface area contributed by atoms with Gasteiger partial charge >= 0.3 is 6.18 Å². The Bertz CT molecular complexity index is 816. The topological polar surface area (TPSA) is 3.24 Å². The van der Waals surface area contributed by atoms with Gasteiger partial charge in [-0.15, -0.1) is 0 Å². The first-order valence-electron chi connectivity index (χ1n) is 7.71. The maximum absolute atomic E-state index is 13.9. The van der Waals surface area contributed by atoms with E-state index in [1.807, 2.05) is 0 Å². The third-order valence-corrected chi connectivity index (χ3v) is 5.15. The predicted octanol–water partition coefficient (Wildman–Crippen LogP) is 6.07. The Morgan fingerprint density at radius 1 is 0.815 bits per heavy atom. The fraction of sp³-hybridized carbons (Fsp3) is 0.294. The lowest BCUT2D eigenvalue weighted by molar-refractivity contribution is -0.137. The molecular formula is C17H11F8NS. The summed E-state index contributed by atoms with van der Waals surface area (Å²) in [6.07, 6.45) is -3.22. The molecule has 0 atom stereocenters. The van der Waals surface area contributed by atoms with Crippen molar-refractivity contribution >= 4 is 11.9 Å². The van der Waals surface area contributed by atoms with Crippen LogP contribution in [0, 0.1) is 29.1 Å². The summed E-state index contributed by atoms with van der Waals surface area (Å²) in [6, 6.07) is 3.97. The van der Waals surface area contributed by atoms with Crippen molar-refractivity contribution in [2.75, 3.05) is 0 Å². The smallest absolute Gasteiger partial charge is 0.239 e. The van der Waals surface area contributed by atoms with Crippen LogP contribution in [0.1, 0.15) is 24.0 Å². The van der Waals surface area contributed by atoms with Gasteiger partial charge in [-0.3, -0.25) is 0 Å². The van der Waals surface area contributed by atoms with Crippen LogP contribution >= 0.6 is 11.9 Å². The van der Waals surface area contributed by atoms with E-state index in [-0.39, 0.29) is 12.6 Å². The van der Waals surface area contributed by atoms with Gasteiger partial charge in [0, 0.05) is 12.6 Å². The minimum absolute atomic E-state index is 0.0209. The van der Waals surface area contributed by atoms with Gasteiger partial charge < -0.3 is 0 Å². The molecule has 1 nitrogen and oxygen atoms in total. The van der Waals surface area contributed by atoms with Crippen LogP contribution < -0.4 is 0 Å². The van der Waals surface area contributed by atoms with E-state index in [2.05, 4.69) is 0 Å². The van der Waals surface area contributed by atoms with Crippen molar-refractivity contribution in [3.63, 3.8) is 0 Å². The van der Waals surface area contributed by atoms with Crippen LogP contribution in [-0.4, -0.2) is 10.3 Å². The molecule has 0 heterocycles. The van der Waals surface area contributed by atoms with E-state index in [4.69, 9.17) is 0 Å². The molecule has 1 aliphatic rings. The Kier molecular flexibility index (Phi) is 5.40. The average molecular weight is 413 g/mol. The molecule has 0 aromatic heterocycles. The van der Waals surface area contributed by atoms with Crippen molar-refractivity contribution in [2.24, 2.45) is 0 Å². The summed E-state index contributed by atoms with van der Waals surface area (Å²) in [7, 11) is 0. The van der Waals surface area contributed by atoms with E-state index in [1.165, 1.54) is 16.4 Å². The van der Waals surface area contributed by atoms with E-state index in [0.717, 1.165) is 12.1 Å². The molecular weight excluding hydrogens is 402 g/mol. The van der Waals surface area contributed by atoms with Crippen LogP contribution in [0.25, 0.3) is 0 Å². The highest BCUT2D eigenvalue weighted by molar-refractivity contribution is 7.97. The summed E-state index contributed by atoms with van der Waals surface area (Å²) < 4.78 is 107. The lowest BCUT2D eigenvalue weighted by atomic mass is 10.1. The summed E-state index contributed by atoms with van der Waals surface area (Å²) in [5.74, 6) is -10.2. The normalized spacial score (nSPS) is 14.9. The number of hydrogen-bond donors (Lipinski definition) is 0. The number of halogens is 8. The first-order chi connectivity index (χ1) is 12.6. The second-order valence-corrected chi connectivity index (χ2v) is 7.05. The van der Waals surface area contributed by atoms with Gasteiger partial charge in [0.1, 0.15) is 4.90 Å². The van der Waals surface area contributed by atoms with Gasteiger partial charge in [-0.1, -0.05) is 12.1 Å². The van der Waals surface area contributed by atoms with Gasteiger partial charge in [0.2, 0.25) is 5.82 Å². The molecule has 10 heteroatoms. The number of nitrogens with zero attached hydrogens (tertiary/aromatic N) is 1. The van der Waals surface area contributed by atoms with Gasteiger partial charge in [-0.05, 0) is 42.5 Å². The van der Waals surface area contributed by atoms with E-state index in [9.17, 15) is 35.1 Å². The van der Waals surface area contributed by atoms with E-state index < -0.39 is 45.7 Å². The fourth-order valence-electron chi connectivity index (χ4n) is 2.36. The Balaban J connectivity index is 1.84. The summed E-state index contributed by atoms with van der Waals surface area (Å²) in [6.45, 7) is -0.0209. The molecule has 0 saturated heterocycles. The van der Waals surface area contributed by atoms with Gasteiger partial charge in [0.25, 0.3) is 0 Å². The van der Waals surface area contributed by atoms with Crippen LogP contribution in [0.5, 0.6) is 0 Å². The zero-order valence-corrected chi connectivity index (χ0v) is 14.2. The monoisotopic (exact) mass is 413 g/mol. The van der Waals surface area contributed by atoms with Gasteiger partial charge in [-0.25, -0.2) is 26.3 Å². The number of benzene rings is 2. The van der Waals surface area contributed by atoms with Crippen LogP contribution in [-0.2, 0) is 12.7 Å². The van der Waals surface area contributed by atoms with Crippen LogP contribution in [0.2, 0.25) is 0 Å². The number of rotatable bonds is 5. The molecule has 0 amide bonds. The molecule has 0 N–H and O–H groups in total. The molecule has 2 aromatic carbocycles. The molecule has 0 bridgehead atoms. The Morgan fingerprint density at radius 3 is 1.74 bits per heavy atom. The van der Waals surface area contributed by atoms with E-state index in [1.54, 1.807) is 0 Å². The van der Waals surface area contributed by atoms with Crippen LogP contribution in [0.3, 0.4) is 0 Å². The second-order valence-electron chi connectivity index (χ2n) is 5.99. The molecule has 3 rings (SSSR count). The maximum atomic E-state index is 13.9. The van der Waals surface area contributed by atoms with Gasteiger partial charge in [0.05, 0.1) is 5.56 Å². The van der Waals surface area contributed by atoms with Gasteiger partial charge in [-0.2, -0.15) is 13.2 Å². The maximum Gasteiger partial charge on any atom is 0.416 e. The average Bonchev–Trinajstić information content (AvgIpc) is 3.46. The summed E-state index contributed by atoms with van der Waals surface area (Å²) in [4.78, 5) is -1.04. The first kappa shape index (κ1) is 19.9. The zero-order chi connectivity index (χ0) is 19.9. The molecule has 2 aromatic rings. The van der Waals surface area contributed by atoms with E-state index in [0.29, 0.717) is 30.4 Å². The van der Waals surface area contributed by atoms with Crippen LogP contribution in [0.15, 0.2) is 29.2 Å². The second kappa shape index (κ2) is 7.31. The quantitative estimate of drug-likeness (QED) is 0.253. The third kappa shape index (κ3) is 4.21. The Morgan fingerprint density at radius 2 is 1.30 bits per heavy atom. The minimum atomic E-state index is -4.50. The lowest BCUT2D eigenvalue weighted by Gasteiger charge is -2.22. The molecule has 0 unspecified atom stereocenters.